The molecule has 1 saturated carbocycles. The molecule has 1 aliphatic rings. The minimum atomic E-state index is -4.41. The van der Waals surface area contributed by atoms with Crippen LogP contribution in [0.15, 0.2) is 53.1 Å². The number of aryl methyl sites for hydroxylation is 1. The highest BCUT2D eigenvalue weighted by Gasteiger charge is 2.35. The summed E-state index contributed by atoms with van der Waals surface area (Å²) in [4.78, 5) is 22.5. The standard InChI is InChI=1S/C35H46F3N3O3/c1-3-4-5-6-7-8-9-10-11-16-32-39-34(43-40-32)30-19-17-27(18-20-30)25-41(44-26(2)42)33(28-14-12-13-15-28)29-21-23-31(24-22-29)35(36,37)38/h17-24,28,33H,3-16,25H2,1-2H3. The second-order valence-corrected chi connectivity index (χ2v) is 12.1. The number of hydroxylamine groups is 2. The fourth-order valence-electron chi connectivity index (χ4n) is 6.17. The molecule has 1 aliphatic carbocycles. The SMILES string of the molecule is CCCCCCCCCCCc1noc(-c2ccc(CN(OC(C)=O)C(c3ccc(C(F)(F)F)cc3)C3CCCC3)cc2)n1. The summed E-state index contributed by atoms with van der Waals surface area (Å²) in [7, 11) is 0. The molecule has 3 aromatic rings. The molecular weight excluding hydrogens is 567 g/mol. The molecule has 6 nitrogen and oxygen atoms in total. The molecule has 0 radical (unpaired) electrons. The summed E-state index contributed by atoms with van der Waals surface area (Å²) in [6, 6.07) is 12.5. The molecule has 44 heavy (non-hydrogen) atoms. The van der Waals surface area contributed by atoms with Crippen molar-refractivity contribution >= 4 is 5.97 Å². The summed E-state index contributed by atoms with van der Waals surface area (Å²) in [5.74, 6) is 0.867. The minimum absolute atomic E-state index is 0.160. The number of nitrogens with zero attached hydrogens (tertiary/aromatic N) is 3. The Morgan fingerprint density at radius 2 is 1.55 bits per heavy atom. The molecule has 1 unspecified atom stereocenters. The number of rotatable bonds is 17. The summed E-state index contributed by atoms with van der Waals surface area (Å²) in [6.07, 6.45) is 11.6. The topological polar surface area (TPSA) is 68.5 Å². The molecule has 1 heterocycles. The van der Waals surface area contributed by atoms with Gasteiger partial charge < -0.3 is 9.36 Å². The number of carbonyl (C=O) groups is 1. The van der Waals surface area contributed by atoms with E-state index < -0.39 is 17.7 Å². The average Bonchev–Trinajstić information content (AvgIpc) is 3.70. The second-order valence-electron chi connectivity index (χ2n) is 12.1. The molecule has 0 amide bonds. The smallest absolute Gasteiger partial charge is 0.367 e. The number of hydrogen-bond acceptors (Lipinski definition) is 6. The molecule has 0 N–H and O–H groups in total. The number of carbonyl (C=O) groups excluding carboxylic acids is 1. The van der Waals surface area contributed by atoms with Crippen molar-refractivity contribution in [2.45, 2.75) is 123 Å². The Kier molecular flexibility index (Phi) is 12.8. The first-order valence-electron chi connectivity index (χ1n) is 16.3. The van der Waals surface area contributed by atoms with E-state index in [4.69, 9.17) is 9.36 Å². The number of halogens is 3. The fraction of sp³-hybridized carbons (Fsp3) is 0.571. The van der Waals surface area contributed by atoms with Crippen molar-refractivity contribution in [1.29, 1.82) is 0 Å². The molecule has 1 aromatic heterocycles. The van der Waals surface area contributed by atoms with Gasteiger partial charge in [0, 0.05) is 18.9 Å². The predicted molar refractivity (Wildman–Crippen MR) is 164 cm³/mol. The van der Waals surface area contributed by atoms with Gasteiger partial charge in [0.2, 0.25) is 0 Å². The Hall–Kier alpha value is -3.20. The van der Waals surface area contributed by atoms with Crippen LogP contribution >= 0.6 is 0 Å². The Labute approximate surface area is 259 Å². The Bertz CT molecular complexity index is 1270. The summed E-state index contributed by atoms with van der Waals surface area (Å²) >= 11 is 0. The van der Waals surface area contributed by atoms with Crippen molar-refractivity contribution in [2.75, 3.05) is 0 Å². The van der Waals surface area contributed by atoms with Crippen LogP contribution in [-0.4, -0.2) is 21.2 Å². The van der Waals surface area contributed by atoms with E-state index >= 15 is 0 Å². The van der Waals surface area contributed by atoms with E-state index in [2.05, 4.69) is 17.1 Å². The van der Waals surface area contributed by atoms with Crippen LogP contribution in [-0.2, 0) is 28.8 Å². The number of aromatic nitrogens is 2. The molecule has 1 fully saturated rings. The van der Waals surface area contributed by atoms with Crippen molar-refractivity contribution in [1.82, 2.24) is 15.2 Å². The Morgan fingerprint density at radius 1 is 0.932 bits per heavy atom. The number of benzene rings is 2. The van der Waals surface area contributed by atoms with Gasteiger partial charge in [-0.2, -0.15) is 18.2 Å². The third kappa shape index (κ3) is 10.2. The van der Waals surface area contributed by atoms with E-state index in [1.165, 1.54) is 70.4 Å². The van der Waals surface area contributed by atoms with E-state index in [1.807, 2.05) is 24.3 Å². The first-order chi connectivity index (χ1) is 21.2. The summed E-state index contributed by atoms with van der Waals surface area (Å²) in [6.45, 7) is 3.87. The molecule has 0 saturated heterocycles. The minimum Gasteiger partial charge on any atom is -0.367 e. The van der Waals surface area contributed by atoms with Gasteiger partial charge in [-0.25, -0.2) is 0 Å². The van der Waals surface area contributed by atoms with Crippen molar-refractivity contribution in [3.8, 4) is 11.5 Å². The van der Waals surface area contributed by atoms with Crippen LogP contribution in [0.3, 0.4) is 0 Å². The molecule has 1 atom stereocenters. The first kappa shape index (κ1) is 33.7. The number of unbranched alkanes of at least 4 members (excludes halogenated alkanes) is 8. The van der Waals surface area contributed by atoms with Crippen LogP contribution in [0.4, 0.5) is 13.2 Å². The van der Waals surface area contributed by atoms with E-state index in [-0.39, 0.29) is 18.5 Å². The van der Waals surface area contributed by atoms with Crippen LogP contribution in [0, 0.1) is 5.92 Å². The van der Waals surface area contributed by atoms with E-state index in [9.17, 15) is 18.0 Å². The molecule has 0 aliphatic heterocycles. The van der Waals surface area contributed by atoms with Gasteiger partial charge in [-0.15, -0.1) is 5.06 Å². The summed E-state index contributed by atoms with van der Waals surface area (Å²) in [5.41, 5.74) is 1.69. The summed E-state index contributed by atoms with van der Waals surface area (Å²) in [5, 5.41) is 5.79. The number of alkyl halides is 3. The largest absolute Gasteiger partial charge is 0.416 e. The van der Waals surface area contributed by atoms with Crippen molar-refractivity contribution in [2.24, 2.45) is 5.92 Å². The van der Waals surface area contributed by atoms with Gasteiger partial charge in [-0.05, 0) is 60.6 Å². The molecule has 0 bridgehead atoms. The van der Waals surface area contributed by atoms with Crippen LogP contribution in [0.2, 0.25) is 0 Å². The summed E-state index contributed by atoms with van der Waals surface area (Å²) < 4.78 is 45.2. The second kappa shape index (κ2) is 16.8. The maximum absolute atomic E-state index is 13.2. The van der Waals surface area contributed by atoms with E-state index in [0.29, 0.717) is 17.3 Å². The molecule has 240 valence electrons. The highest BCUT2D eigenvalue weighted by atomic mass is 19.4. The van der Waals surface area contributed by atoms with Gasteiger partial charge in [0.05, 0.1) is 18.2 Å². The quantitative estimate of drug-likeness (QED) is 0.111. The van der Waals surface area contributed by atoms with Crippen molar-refractivity contribution in [3.63, 3.8) is 0 Å². The molecule has 9 heteroatoms. The molecule has 0 spiro atoms. The van der Waals surface area contributed by atoms with Crippen LogP contribution in [0.5, 0.6) is 0 Å². The lowest BCUT2D eigenvalue weighted by molar-refractivity contribution is -0.210. The predicted octanol–water partition coefficient (Wildman–Crippen LogP) is 10.0. The molecule has 2 aromatic carbocycles. The van der Waals surface area contributed by atoms with Gasteiger partial charge >= 0.3 is 12.1 Å². The normalized spacial score (nSPS) is 14.8. The third-order valence-electron chi connectivity index (χ3n) is 8.49. The lowest BCUT2D eigenvalue weighted by Gasteiger charge is -2.34. The Balaban J connectivity index is 1.38. The maximum Gasteiger partial charge on any atom is 0.416 e. The highest BCUT2D eigenvalue weighted by molar-refractivity contribution is 5.65. The van der Waals surface area contributed by atoms with Crippen LogP contribution in [0.25, 0.3) is 11.5 Å². The highest BCUT2D eigenvalue weighted by Crippen LogP contribution is 2.41. The molecular formula is C35H46F3N3O3. The van der Waals surface area contributed by atoms with Gasteiger partial charge in [0.25, 0.3) is 5.89 Å². The molecule has 4 rings (SSSR count). The first-order valence-corrected chi connectivity index (χ1v) is 16.3. The lowest BCUT2D eigenvalue weighted by atomic mass is 9.90. The maximum atomic E-state index is 13.2. The average molecular weight is 614 g/mol. The fourth-order valence-corrected chi connectivity index (χ4v) is 6.17. The van der Waals surface area contributed by atoms with Crippen molar-refractivity contribution in [3.05, 3.63) is 71.0 Å². The monoisotopic (exact) mass is 613 g/mol. The lowest BCUT2D eigenvalue weighted by Crippen LogP contribution is -2.34. The van der Waals surface area contributed by atoms with Crippen LogP contribution in [0.1, 0.15) is 126 Å². The van der Waals surface area contributed by atoms with Gasteiger partial charge in [-0.3, -0.25) is 4.79 Å². The van der Waals surface area contributed by atoms with E-state index in [0.717, 1.165) is 61.8 Å². The van der Waals surface area contributed by atoms with Gasteiger partial charge in [0.1, 0.15) is 0 Å². The van der Waals surface area contributed by atoms with Crippen molar-refractivity contribution < 1.29 is 27.3 Å². The van der Waals surface area contributed by atoms with Gasteiger partial charge in [-0.1, -0.05) is 101 Å². The van der Waals surface area contributed by atoms with Gasteiger partial charge in [0.15, 0.2) is 5.82 Å². The zero-order valence-corrected chi connectivity index (χ0v) is 26.1. The zero-order chi connectivity index (χ0) is 31.4. The Morgan fingerprint density at radius 3 is 2.14 bits per heavy atom. The number of hydrogen-bond donors (Lipinski definition) is 0. The van der Waals surface area contributed by atoms with Crippen LogP contribution < -0.4 is 0 Å². The van der Waals surface area contributed by atoms with E-state index in [1.54, 1.807) is 5.06 Å². The zero-order valence-electron chi connectivity index (χ0n) is 26.1. The third-order valence-corrected chi connectivity index (χ3v) is 8.49.